The number of aryl methyl sites for hydroxylation is 2. The molecule has 0 aliphatic rings. The van der Waals surface area contributed by atoms with Gasteiger partial charge >= 0.3 is 0 Å². The fourth-order valence-corrected chi connectivity index (χ4v) is 4.78. The van der Waals surface area contributed by atoms with Crippen LogP contribution in [0.2, 0.25) is 5.02 Å². The first-order chi connectivity index (χ1) is 14.9. The number of carbonyl (C=O) groups is 1. The molecule has 3 rings (SSSR count). The van der Waals surface area contributed by atoms with Gasteiger partial charge in [-0.2, -0.15) is 0 Å². The molecule has 2 aromatic heterocycles. The highest BCUT2D eigenvalue weighted by molar-refractivity contribution is 7.99. The Morgan fingerprint density at radius 3 is 2.55 bits per heavy atom. The molecular weight excluding hydrogens is 456 g/mol. The number of ether oxygens (including phenoxy) is 1. The third-order valence-electron chi connectivity index (χ3n) is 4.17. The van der Waals surface area contributed by atoms with Gasteiger partial charge in [0, 0.05) is 23.6 Å². The molecule has 164 valence electrons. The molecule has 11 heteroatoms. The quantitative estimate of drug-likeness (QED) is 0.357. The summed E-state index contributed by atoms with van der Waals surface area (Å²) < 4.78 is 7.12. The fourth-order valence-electron chi connectivity index (χ4n) is 2.81. The second-order valence-electron chi connectivity index (χ2n) is 6.55. The van der Waals surface area contributed by atoms with Crippen molar-refractivity contribution < 1.29 is 9.53 Å². The third kappa shape index (κ3) is 6.34. The summed E-state index contributed by atoms with van der Waals surface area (Å²) in [6.07, 6.45) is 0. The number of aromatic nitrogens is 5. The highest BCUT2D eigenvalue weighted by atomic mass is 35.5. The fraction of sp³-hybridized carbons (Fsp3) is 0.350. The van der Waals surface area contributed by atoms with Crippen LogP contribution in [0.1, 0.15) is 24.1 Å². The van der Waals surface area contributed by atoms with Gasteiger partial charge in [0.2, 0.25) is 5.91 Å². The number of amides is 1. The summed E-state index contributed by atoms with van der Waals surface area (Å²) >= 11 is 8.96. The number of anilines is 1. The van der Waals surface area contributed by atoms with Crippen LogP contribution in [0.25, 0.3) is 0 Å². The Kier molecular flexibility index (Phi) is 8.16. The number of halogens is 1. The second kappa shape index (κ2) is 10.8. The number of carbonyl (C=O) groups excluding carboxylic acids is 1. The standard InChI is InChI=1S/C20H23ClN6O2S2/c1-5-27-17(10-30-19-22-12(2)8-13(3)23-19)25-26-20(27)31-11-18(28)24-14-6-7-16(29-4)15(21)9-14/h6-9H,5,10-11H2,1-4H3,(H,24,28). The summed E-state index contributed by atoms with van der Waals surface area (Å²) in [6.45, 7) is 6.63. The van der Waals surface area contributed by atoms with Crippen LogP contribution in [-0.4, -0.2) is 43.5 Å². The minimum Gasteiger partial charge on any atom is -0.495 e. The molecule has 0 aliphatic heterocycles. The smallest absolute Gasteiger partial charge is 0.234 e. The van der Waals surface area contributed by atoms with Crippen LogP contribution >= 0.6 is 35.1 Å². The van der Waals surface area contributed by atoms with Crippen LogP contribution in [0.3, 0.4) is 0 Å². The molecule has 1 amide bonds. The molecule has 0 saturated carbocycles. The van der Waals surface area contributed by atoms with Gasteiger partial charge in [-0.05, 0) is 45.0 Å². The molecule has 0 aliphatic carbocycles. The van der Waals surface area contributed by atoms with E-state index in [4.69, 9.17) is 16.3 Å². The van der Waals surface area contributed by atoms with Gasteiger partial charge in [-0.3, -0.25) is 4.79 Å². The van der Waals surface area contributed by atoms with Crippen LogP contribution in [0.5, 0.6) is 5.75 Å². The molecule has 2 heterocycles. The number of benzene rings is 1. The number of methoxy groups -OCH3 is 1. The van der Waals surface area contributed by atoms with Gasteiger partial charge in [0.25, 0.3) is 0 Å². The first kappa shape index (κ1) is 23.4. The van der Waals surface area contributed by atoms with Gasteiger partial charge in [-0.15, -0.1) is 10.2 Å². The van der Waals surface area contributed by atoms with E-state index in [0.717, 1.165) is 22.4 Å². The van der Waals surface area contributed by atoms with E-state index in [1.807, 2.05) is 31.4 Å². The molecule has 31 heavy (non-hydrogen) atoms. The summed E-state index contributed by atoms with van der Waals surface area (Å²) in [4.78, 5) is 21.2. The molecular formula is C20H23ClN6O2S2. The van der Waals surface area contributed by atoms with Gasteiger partial charge < -0.3 is 14.6 Å². The van der Waals surface area contributed by atoms with Gasteiger partial charge in [0.15, 0.2) is 10.3 Å². The number of thioether (sulfide) groups is 2. The maximum atomic E-state index is 12.3. The minimum absolute atomic E-state index is 0.156. The molecule has 0 radical (unpaired) electrons. The number of rotatable bonds is 9. The van der Waals surface area contributed by atoms with Crippen molar-refractivity contribution in [2.24, 2.45) is 0 Å². The van der Waals surface area contributed by atoms with Crippen LogP contribution in [0, 0.1) is 13.8 Å². The lowest BCUT2D eigenvalue weighted by atomic mass is 10.3. The molecule has 0 fully saturated rings. The number of nitrogens with zero attached hydrogens (tertiary/aromatic N) is 5. The zero-order valence-electron chi connectivity index (χ0n) is 17.7. The monoisotopic (exact) mass is 478 g/mol. The summed E-state index contributed by atoms with van der Waals surface area (Å²) in [5.41, 5.74) is 2.48. The predicted molar refractivity (Wildman–Crippen MR) is 124 cm³/mol. The minimum atomic E-state index is -0.156. The maximum Gasteiger partial charge on any atom is 0.234 e. The Morgan fingerprint density at radius 1 is 1.16 bits per heavy atom. The first-order valence-electron chi connectivity index (χ1n) is 9.53. The zero-order valence-corrected chi connectivity index (χ0v) is 20.1. The van der Waals surface area contributed by atoms with Crippen molar-refractivity contribution in [2.45, 2.75) is 43.4 Å². The van der Waals surface area contributed by atoms with E-state index in [1.54, 1.807) is 25.3 Å². The highest BCUT2D eigenvalue weighted by Crippen LogP contribution is 2.28. The Balaban J connectivity index is 1.58. The second-order valence-corrected chi connectivity index (χ2v) is 8.84. The average Bonchev–Trinajstić information content (AvgIpc) is 3.12. The van der Waals surface area contributed by atoms with Crippen molar-refractivity contribution in [1.29, 1.82) is 0 Å². The Labute approximate surface area is 194 Å². The van der Waals surface area contributed by atoms with Gasteiger partial charge in [0.05, 0.1) is 23.6 Å². The molecule has 0 saturated heterocycles. The lowest BCUT2D eigenvalue weighted by Crippen LogP contribution is -2.14. The van der Waals surface area contributed by atoms with E-state index >= 15 is 0 Å². The van der Waals surface area contributed by atoms with Crippen molar-refractivity contribution in [3.05, 3.63) is 46.5 Å². The Hall–Kier alpha value is -2.30. The van der Waals surface area contributed by atoms with Gasteiger partial charge in [-0.1, -0.05) is 35.1 Å². The lowest BCUT2D eigenvalue weighted by molar-refractivity contribution is -0.113. The molecule has 0 spiro atoms. The number of hydrogen-bond acceptors (Lipinski definition) is 8. The lowest BCUT2D eigenvalue weighted by Gasteiger charge is -2.09. The van der Waals surface area contributed by atoms with Crippen molar-refractivity contribution in [3.8, 4) is 5.75 Å². The normalized spacial score (nSPS) is 10.9. The largest absolute Gasteiger partial charge is 0.495 e. The maximum absolute atomic E-state index is 12.3. The molecule has 1 N–H and O–H groups in total. The molecule has 3 aromatic rings. The van der Waals surface area contributed by atoms with Crippen LogP contribution in [0.4, 0.5) is 5.69 Å². The topological polar surface area (TPSA) is 94.8 Å². The molecule has 1 aromatic carbocycles. The van der Waals surface area contributed by atoms with Gasteiger partial charge in [0.1, 0.15) is 11.6 Å². The number of hydrogen-bond donors (Lipinski definition) is 1. The van der Waals surface area contributed by atoms with E-state index in [1.165, 1.54) is 23.5 Å². The van der Waals surface area contributed by atoms with Gasteiger partial charge in [-0.25, -0.2) is 9.97 Å². The van der Waals surface area contributed by atoms with E-state index in [0.29, 0.717) is 33.9 Å². The SMILES string of the molecule is CCn1c(CSc2nc(C)cc(C)n2)nnc1SCC(=O)Nc1ccc(OC)c(Cl)c1. The van der Waals surface area contributed by atoms with E-state index < -0.39 is 0 Å². The third-order valence-corrected chi connectivity index (χ3v) is 6.28. The van der Waals surface area contributed by atoms with Crippen LogP contribution in [0.15, 0.2) is 34.6 Å². The predicted octanol–water partition coefficient (Wildman–Crippen LogP) is 4.39. The first-order valence-corrected chi connectivity index (χ1v) is 11.9. The molecule has 0 atom stereocenters. The summed E-state index contributed by atoms with van der Waals surface area (Å²) in [5, 5.41) is 13.2. The Morgan fingerprint density at radius 2 is 1.90 bits per heavy atom. The van der Waals surface area contributed by atoms with Crippen molar-refractivity contribution >= 4 is 46.7 Å². The van der Waals surface area contributed by atoms with Crippen LogP contribution < -0.4 is 10.1 Å². The average molecular weight is 479 g/mol. The molecule has 0 bridgehead atoms. The van der Waals surface area contributed by atoms with E-state index in [-0.39, 0.29) is 11.7 Å². The molecule has 8 nitrogen and oxygen atoms in total. The Bertz CT molecular complexity index is 1060. The van der Waals surface area contributed by atoms with E-state index in [2.05, 4.69) is 25.5 Å². The summed E-state index contributed by atoms with van der Waals surface area (Å²) in [5.74, 6) is 2.02. The summed E-state index contributed by atoms with van der Waals surface area (Å²) in [7, 11) is 1.54. The number of nitrogens with one attached hydrogen (secondary N) is 1. The summed E-state index contributed by atoms with van der Waals surface area (Å²) in [6, 6.07) is 7.05. The zero-order chi connectivity index (χ0) is 22.4. The highest BCUT2D eigenvalue weighted by Gasteiger charge is 2.15. The van der Waals surface area contributed by atoms with Crippen LogP contribution in [-0.2, 0) is 17.1 Å². The molecule has 0 unspecified atom stereocenters. The van der Waals surface area contributed by atoms with E-state index in [9.17, 15) is 4.79 Å². The van der Waals surface area contributed by atoms with Crippen molar-refractivity contribution in [3.63, 3.8) is 0 Å². The van der Waals surface area contributed by atoms with Crippen molar-refractivity contribution in [1.82, 2.24) is 24.7 Å². The van der Waals surface area contributed by atoms with Crippen molar-refractivity contribution in [2.75, 3.05) is 18.2 Å².